The SMILES string of the molecule is CNc1cnc(C(C)C)nc1C(=O)NCC(=O)NC(C)C. The summed E-state index contributed by atoms with van der Waals surface area (Å²) in [6.07, 6.45) is 1.57. The van der Waals surface area contributed by atoms with Crippen molar-refractivity contribution in [1.29, 1.82) is 0 Å². The molecule has 0 saturated carbocycles. The normalized spacial score (nSPS) is 10.6. The van der Waals surface area contributed by atoms with Crippen molar-refractivity contribution in [2.24, 2.45) is 0 Å². The molecule has 1 heterocycles. The summed E-state index contributed by atoms with van der Waals surface area (Å²) >= 11 is 0. The number of nitrogens with zero attached hydrogens (tertiary/aromatic N) is 2. The van der Waals surface area contributed by atoms with E-state index in [0.29, 0.717) is 11.5 Å². The molecule has 0 aromatic carbocycles. The summed E-state index contributed by atoms with van der Waals surface area (Å²) in [6.45, 7) is 7.54. The van der Waals surface area contributed by atoms with Crippen molar-refractivity contribution < 1.29 is 9.59 Å². The first-order valence-corrected chi connectivity index (χ1v) is 6.97. The molecule has 0 atom stereocenters. The van der Waals surface area contributed by atoms with Crippen LogP contribution in [0.25, 0.3) is 0 Å². The van der Waals surface area contributed by atoms with Gasteiger partial charge in [-0.3, -0.25) is 9.59 Å². The second-order valence-electron chi connectivity index (χ2n) is 5.30. The smallest absolute Gasteiger partial charge is 0.272 e. The van der Waals surface area contributed by atoms with E-state index in [-0.39, 0.29) is 30.1 Å². The summed E-state index contributed by atoms with van der Waals surface area (Å²) in [7, 11) is 1.69. The van der Waals surface area contributed by atoms with Gasteiger partial charge in [-0.25, -0.2) is 9.97 Å². The predicted molar refractivity (Wildman–Crippen MR) is 81.3 cm³/mol. The third kappa shape index (κ3) is 5.02. The van der Waals surface area contributed by atoms with Gasteiger partial charge in [0.05, 0.1) is 18.4 Å². The molecule has 0 radical (unpaired) electrons. The Morgan fingerprint density at radius 3 is 2.43 bits per heavy atom. The molecule has 1 rings (SSSR count). The maximum atomic E-state index is 12.2. The number of hydrogen-bond donors (Lipinski definition) is 3. The highest BCUT2D eigenvalue weighted by molar-refractivity contribution is 5.99. The van der Waals surface area contributed by atoms with Crippen molar-refractivity contribution in [3.63, 3.8) is 0 Å². The molecule has 21 heavy (non-hydrogen) atoms. The number of aromatic nitrogens is 2. The van der Waals surface area contributed by atoms with Gasteiger partial charge < -0.3 is 16.0 Å². The third-order valence-electron chi connectivity index (χ3n) is 2.67. The molecule has 1 aromatic rings. The molecule has 0 spiro atoms. The highest BCUT2D eigenvalue weighted by atomic mass is 16.2. The molecular formula is C14H23N5O2. The standard InChI is InChI=1S/C14H23N5O2/c1-8(2)13-16-6-10(15-5)12(19-13)14(21)17-7-11(20)18-9(3)4/h6,8-9,15H,7H2,1-5H3,(H,17,21)(H,18,20). The van der Waals surface area contributed by atoms with Crippen molar-refractivity contribution in [3.05, 3.63) is 17.7 Å². The Kier molecular flexibility index (Phi) is 6.08. The van der Waals surface area contributed by atoms with Gasteiger partial charge >= 0.3 is 0 Å². The number of rotatable bonds is 6. The quantitative estimate of drug-likeness (QED) is 0.724. The zero-order chi connectivity index (χ0) is 16.0. The lowest BCUT2D eigenvalue weighted by molar-refractivity contribution is -0.120. The van der Waals surface area contributed by atoms with E-state index in [1.54, 1.807) is 13.2 Å². The zero-order valence-corrected chi connectivity index (χ0v) is 13.2. The van der Waals surface area contributed by atoms with Crippen LogP contribution in [0.5, 0.6) is 0 Å². The van der Waals surface area contributed by atoms with Crippen LogP contribution < -0.4 is 16.0 Å². The summed E-state index contributed by atoms with van der Waals surface area (Å²) in [5.41, 5.74) is 0.773. The number of carbonyl (C=O) groups is 2. The lowest BCUT2D eigenvalue weighted by Crippen LogP contribution is -2.40. The first-order valence-electron chi connectivity index (χ1n) is 6.97. The summed E-state index contributed by atoms with van der Waals surface area (Å²) in [6, 6.07) is 0.0360. The number of nitrogens with one attached hydrogen (secondary N) is 3. The second-order valence-corrected chi connectivity index (χ2v) is 5.30. The van der Waals surface area contributed by atoms with Crippen LogP contribution in [-0.4, -0.2) is 41.4 Å². The van der Waals surface area contributed by atoms with Crippen LogP contribution in [0, 0.1) is 0 Å². The van der Waals surface area contributed by atoms with Crippen LogP contribution >= 0.6 is 0 Å². The zero-order valence-electron chi connectivity index (χ0n) is 13.2. The lowest BCUT2D eigenvalue weighted by atomic mass is 10.2. The molecule has 3 N–H and O–H groups in total. The first-order chi connectivity index (χ1) is 9.85. The summed E-state index contributed by atoms with van der Waals surface area (Å²) < 4.78 is 0. The van der Waals surface area contributed by atoms with Gasteiger partial charge in [-0.15, -0.1) is 0 Å². The lowest BCUT2D eigenvalue weighted by Gasteiger charge is -2.12. The van der Waals surface area contributed by atoms with Crippen LogP contribution in [0.15, 0.2) is 6.20 Å². The number of hydrogen-bond acceptors (Lipinski definition) is 5. The Morgan fingerprint density at radius 1 is 1.24 bits per heavy atom. The van der Waals surface area contributed by atoms with Gasteiger partial charge in [-0.2, -0.15) is 0 Å². The molecule has 1 aromatic heterocycles. The Hall–Kier alpha value is -2.18. The Morgan fingerprint density at radius 2 is 1.90 bits per heavy atom. The van der Waals surface area contributed by atoms with Crippen LogP contribution in [-0.2, 0) is 4.79 Å². The highest BCUT2D eigenvalue weighted by Gasteiger charge is 2.16. The third-order valence-corrected chi connectivity index (χ3v) is 2.67. The van der Waals surface area contributed by atoms with Crippen LogP contribution in [0.3, 0.4) is 0 Å². The van der Waals surface area contributed by atoms with Gasteiger partial charge in [-0.1, -0.05) is 13.8 Å². The number of amides is 2. The van der Waals surface area contributed by atoms with Gasteiger partial charge in [0.2, 0.25) is 5.91 Å². The van der Waals surface area contributed by atoms with Crippen molar-refractivity contribution in [2.75, 3.05) is 18.9 Å². The van der Waals surface area contributed by atoms with Gasteiger partial charge in [-0.05, 0) is 13.8 Å². The maximum Gasteiger partial charge on any atom is 0.272 e. The Labute approximate surface area is 124 Å². The van der Waals surface area contributed by atoms with E-state index < -0.39 is 5.91 Å². The van der Waals surface area contributed by atoms with Gasteiger partial charge in [0, 0.05) is 19.0 Å². The van der Waals surface area contributed by atoms with E-state index in [1.165, 1.54) is 0 Å². The van der Waals surface area contributed by atoms with E-state index in [9.17, 15) is 9.59 Å². The molecule has 0 saturated heterocycles. The van der Waals surface area contributed by atoms with E-state index >= 15 is 0 Å². The molecule has 0 aliphatic heterocycles. The van der Waals surface area contributed by atoms with E-state index in [2.05, 4.69) is 25.9 Å². The second kappa shape index (κ2) is 7.56. The van der Waals surface area contributed by atoms with Crippen LogP contribution in [0.1, 0.15) is 49.9 Å². The van der Waals surface area contributed by atoms with Crippen molar-refractivity contribution in [3.8, 4) is 0 Å². The topological polar surface area (TPSA) is 96.0 Å². The van der Waals surface area contributed by atoms with E-state index in [4.69, 9.17) is 0 Å². The molecule has 0 unspecified atom stereocenters. The van der Waals surface area contributed by atoms with Gasteiger partial charge in [0.25, 0.3) is 5.91 Å². The number of carbonyl (C=O) groups excluding carboxylic acids is 2. The molecule has 2 amide bonds. The average Bonchev–Trinajstić information content (AvgIpc) is 2.43. The van der Waals surface area contributed by atoms with E-state index in [1.807, 2.05) is 27.7 Å². The summed E-state index contributed by atoms with van der Waals surface area (Å²) in [4.78, 5) is 32.2. The fourth-order valence-corrected chi connectivity index (χ4v) is 1.65. The van der Waals surface area contributed by atoms with Crippen LogP contribution in [0.4, 0.5) is 5.69 Å². The summed E-state index contributed by atoms with van der Waals surface area (Å²) in [5, 5.41) is 8.15. The fourth-order valence-electron chi connectivity index (χ4n) is 1.65. The van der Waals surface area contributed by atoms with Gasteiger partial charge in [0.15, 0.2) is 5.69 Å². The Bertz CT molecular complexity index is 514. The average molecular weight is 293 g/mol. The fraction of sp³-hybridized carbons (Fsp3) is 0.571. The summed E-state index contributed by atoms with van der Waals surface area (Å²) in [5.74, 6) is 0.0718. The molecule has 0 aliphatic rings. The minimum Gasteiger partial charge on any atom is -0.385 e. The molecule has 7 heteroatoms. The number of anilines is 1. The Balaban J connectivity index is 2.81. The highest BCUT2D eigenvalue weighted by Crippen LogP contribution is 2.15. The van der Waals surface area contributed by atoms with Gasteiger partial charge in [0.1, 0.15) is 5.82 Å². The molecule has 116 valence electrons. The molecule has 0 fully saturated rings. The minimum absolute atomic E-state index is 0.0360. The molecule has 0 aliphatic carbocycles. The molecule has 7 nitrogen and oxygen atoms in total. The van der Waals surface area contributed by atoms with Crippen molar-refractivity contribution in [1.82, 2.24) is 20.6 Å². The minimum atomic E-state index is -0.400. The van der Waals surface area contributed by atoms with E-state index in [0.717, 1.165) is 0 Å². The molecular weight excluding hydrogens is 270 g/mol. The monoisotopic (exact) mass is 293 g/mol. The molecule has 0 bridgehead atoms. The largest absolute Gasteiger partial charge is 0.385 e. The maximum absolute atomic E-state index is 12.2. The predicted octanol–water partition coefficient (Wildman–Crippen LogP) is 0.896. The van der Waals surface area contributed by atoms with Crippen molar-refractivity contribution >= 4 is 17.5 Å². The van der Waals surface area contributed by atoms with Crippen molar-refractivity contribution in [2.45, 2.75) is 39.7 Å². The first kappa shape index (κ1) is 16.9. The van der Waals surface area contributed by atoms with Crippen LogP contribution in [0.2, 0.25) is 0 Å².